The SMILES string of the molecule is CSCCCCCNC(=O)c1cc(N)cc(N)c1. The molecule has 0 fully saturated rings. The van der Waals surface area contributed by atoms with Crippen LogP contribution in [0, 0.1) is 0 Å². The van der Waals surface area contributed by atoms with Crippen molar-refractivity contribution >= 4 is 29.0 Å². The van der Waals surface area contributed by atoms with Crippen LogP contribution in [-0.4, -0.2) is 24.5 Å². The van der Waals surface area contributed by atoms with Gasteiger partial charge in [-0.15, -0.1) is 0 Å². The second-order valence-corrected chi connectivity index (χ2v) is 5.18. The van der Waals surface area contributed by atoms with Gasteiger partial charge in [0.25, 0.3) is 5.91 Å². The van der Waals surface area contributed by atoms with Crippen molar-refractivity contribution in [2.45, 2.75) is 19.3 Å². The number of carbonyl (C=O) groups is 1. The third-order valence-corrected chi connectivity index (χ3v) is 3.25. The van der Waals surface area contributed by atoms with Crippen molar-refractivity contribution in [3.05, 3.63) is 23.8 Å². The van der Waals surface area contributed by atoms with Gasteiger partial charge < -0.3 is 16.8 Å². The molecule has 0 saturated carbocycles. The fraction of sp³-hybridized carbons (Fsp3) is 0.462. The van der Waals surface area contributed by atoms with E-state index in [4.69, 9.17) is 11.5 Å². The van der Waals surface area contributed by atoms with Gasteiger partial charge in [-0.05, 0) is 43.0 Å². The normalized spacial score (nSPS) is 10.3. The molecule has 4 nitrogen and oxygen atoms in total. The highest BCUT2D eigenvalue weighted by Gasteiger charge is 2.06. The minimum atomic E-state index is -0.112. The van der Waals surface area contributed by atoms with Gasteiger partial charge in [0.2, 0.25) is 0 Å². The fourth-order valence-corrected chi connectivity index (χ4v) is 2.15. The van der Waals surface area contributed by atoms with E-state index in [1.165, 1.54) is 12.2 Å². The second-order valence-electron chi connectivity index (χ2n) is 4.20. The monoisotopic (exact) mass is 267 g/mol. The molecule has 18 heavy (non-hydrogen) atoms. The van der Waals surface area contributed by atoms with Crippen molar-refractivity contribution in [1.82, 2.24) is 5.32 Å². The topological polar surface area (TPSA) is 81.1 Å². The molecule has 0 aromatic heterocycles. The number of rotatable bonds is 7. The van der Waals surface area contributed by atoms with Crippen LogP contribution in [0.1, 0.15) is 29.6 Å². The summed E-state index contributed by atoms with van der Waals surface area (Å²) in [4.78, 5) is 11.8. The average Bonchev–Trinajstić information content (AvgIpc) is 2.32. The van der Waals surface area contributed by atoms with E-state index in [1.807, 2.05) is 11.8 Å². The minimum absolute atomic E-state index is 0.112. The maximum atomic E-state index is 11.8. The van der Waals surface area contributed by atoms with E-state index in [2.05, 4.69) is 11.6 Å². The zero-order valence-electron chi connectivity index (χ0n) is 10.7. The quantitative estimate of drug-likeness (QED) is 0.522. The predicted molar refractivity (Wildman–Crippen MR) is 79.8 cm³/mol. The molecule has 0 spiro atoms. The maximum Gasteiger partial charge on any atom is 0.251 e. The molecule has 0 radical (unpaired) electrons. The van der Waals surface area contributed by atoms with Crippen LogP contribution < -0.4 is 16.8 Å². The summed E-state index contributed by atoms with van der Waals surface area (Å²) in [5.41, 5.74) is 12.8. The maximum absolute atomic E-state index is 11.8. The smallest absolute Gasteiger partial charge is 0.251 e. The number of amides is 1. The molecular formula is C13H21N3OS. The Bertz CT molecular complexity index is 376. The third-order valence-electron chi connectivity index (χ3n) is 2.55. The van der Waals surface area contributed by atoms with E-state index in [-0.39, 0.29) is 5.91 Å². The summed E-state index contributed by atoms with van der Waals surface area (Å²) in [7, 11) is 0. The molecule has 0 aliphatic rings. The number of nitrogen functional groups attached to an aromatic ring is 2. The van der Waals surface area contributed by atoms with Gasteiger partial charge >= 0.3 is 0 Å². The summed E-state index contributed by atoms with van der Waals surface area (Å²) in [6.45, 7) is 0.696. The molecule has 5 N–H and O–H groups in total. The molecule has 0 saturated heterocycles. The highest BCUT2D eigenvalue weighted by Crippen LogP contribution is 2.13. The Morgan fingerprint density at radius 2 is 1.83 bits per heavy atom. The van der Waals surface area contributed by atoms with Gasteiger partial charge in [-0.2, -0.15) is 11.8 Å². The van der Waals surface area contributed by atoms with E-state index < -0.39 is 0 Å². The van der Waals surface area contributed by atoms with Crippen LogP contribution >= 0.6 is 11.8 Å². The summed E-state index contributed by atoms with van der Waals surface area (Å²) in [6.07, 6.45) is 5.44. The number of thioether (sulfide) groups is 1. The van der Waals surface area contributed by atoms with Crippen molar-refractivity contribution in [2.75, 3.05) is 30.0 Å². The number of hydrogen-bond acceptors (Lipinski definition) is 4. The van der Waals surface area contributed by atoms with Crippen LogP contribution in [-0.2, 0) is 0 Å². The molecule has 5 heteroatoms. The standard InChI is InChI=1S/C13H21N3OS/c1-18-6-4-2-3-5-16-13(17)10-7-11(14)9-12(15)8-10/h7-9H,2-6,14-15H2,1H3,(H,16,17). The van der Waals surface area contributed by atoms with Crippen molar-refractivity contribution in [3.8, 4) is 0 Å². The molecule has 0 bridgehead atoms. The van der Waals surface area contributed by atoms with Crippen molar-refractivity contribution in [2.24, 2.45) is 0 Å². The van der Waals surface area contributed by atoms with E-state index in [9.17, 15) is 4.79 Å². The average molecular weight is 267 g/mol. The Morgan fingerprint density at radius 1 is 1.17 bits per heavy atom. The summed E-state index contributed by atoms with van der Waals surface area (Å²) in [5, 5.41) is 2.87. The molecule has 0 atom stereocenters. The van der Waals surface area contributed by atoms with Crippen LogP contribution in [0.4, 0.5) is 11.4 Å². The van der Waals surface area contributed by atoms with Crippen LogP contribution in [0.2, 0.25) is 0 Å². The summed E-state index contributed by atoms with van der Waals surface area (Å²) >= 11 is 1.85. The highest BCUT2D eigenvalue weighted by atomic mass is 32.2. The number of benzene rings is 1. The van der Waals surface area contributed by atoms with E-state index in [0.29, 0.717) is 23.5 Å². The van der Waals surface area contributed by atoms with E-state index in [1.54, 1.807) is 18.2 Å². The Morgan fingerprint density at radius 3 is 2.44 bits per heavy atom. The Kier molecular flexibility index (Phi) is 6.43. The summed E-state index contributed by atoms with van der Waals surface area (Å²) < 4.78 is 0. The molecular weight excluding hydrogens is 246 g/mol. The third kappa shape index (κ3) is 5.31. The Balaban J connectivity index is 2.32. The first kappa shape index (κ1) is 14.7. The zero-order chi connectivity index (χ0) is 13.4. The van der Waals surface area contributed by atoms with Crippen molar-refractivity contribution < 1.29 is 4.79 Å². The van der Waals surface area contributed by atoms with Gasteiger partial charge in [-0.1, -0.05) is 6.42 Å². The van der Waals surface area contributed by atoms with Gasteiger partial charge in [-0.25, -0.2) is 0 Å². The first-order chi connectivity index (χ1) is 8.63. The number of nitrogens with two attached hydrogens (primary N) is 2. The number of unbranched alkanes of at least 4 members (excludes halogenated alkanes) is 2. The number of nitrogens with one attached hydrogen (secondary N) is 1. The van der Waals surface area contributed by atoms with Gasteiger partial charge in [-0.3, -0.25) is 4.79 Å². The predicted octanol–water partition coefficient (Wildman–Crippen LogP) is 2.11. The lowest BCUT2D eigenvalue weighted by atomic mass is 10.1. The highest BCUT2D eigenvalue weighted by molar-refractivity contribution is 7.98. The molecule has 1 rings (SSSR count). The minimum Gasteiger partial charge on any atom is -0.399 e. The molecule has 1 aromatic carbocycles. The molecule has 0 aliphatic carbocycles. The number of anilines is 2. The van der Waals surface area contributed by atoms with Crippen molar-refractivity contribution in [3.63, 3.8) is 0 Å². The van der Waals surface area contributed by atoms with Gasteiger partial charge in [0.05, 0.1) is 0 Å². The largest absolute Gasteiger partial charge is 0.399 e. The molecule has 1 amide bonds. The molecule has 0 unspecified atom stereocenters. The fourth-order valence-electron chi connectivity index (χ4n) is 1.66. The molecule has 0 heterocycles. The Hall–Kier alpha value is -1.36. The lowest BCUT2D eigenvalue weighted by Gasteiger charge is -2.06. The summed E-state index contributed by atoms with van der Waals surface area (Å²) in [6, 6.07) is 4.91. The Labute approximate surface area is 113 Å². The number of carbonyl (C=O) groups excluding carboxylic acids is 1. The molecule has 1 aromatic rings. The lowest BCUT2D eigenvalue weighted by Crippen LogP contribution is -2.24. The van der Waals surface area contributed by atoms with E-state index in [0.717, 1.165) is 12.8 Å². The van der Waals surface area contributed by atoms with Gasteiger partial charge in [0.15, 0.2) is 0 Å². The molecule has 0 aliphatic heterocycles. The van der Waals surface area contributed by atoms with Crippen LogP contribution in [0.15, 0.2) is 18.2 Å². The molecule has 100 valence electrons. The van der Waals surface area contributed by atoms with Crippen LogP contribution in [0.25, 0.3) is 0 Å². The van der Waals surface area contributed by atoms with Crippen LogP contribution in [0.5, 0.6) is 0 Å². The van der Waals surface area contributed by atoms with Crippen molar-refractivity contribution in [1.29, 1.82) is 0 Å². The van der Waals surface area contributed by atoms with Gasteiger partial charge in [0, 0.05) is 23.5 Å². The summed E-state index contributed by atoms with van der Waals surface area (Å²) in [5.74, 6) is 1.07. The first-order valence-electron chi connectivity index (χ1n) is 6.06. The first-order valence-corrected chi connectivity index (χ1v) is 7.46. The van der Waals surface area contributed by atoms with E-state index >= 15 is 0 Å². The van der Waals surface area contributed by atoms with Crippen LogP contribution in [0.3, 0.4) is 0 Å². The lowest BCUT2D eigenvalue weighted by molar-refractivity contribution is 0.0953. The number of hydrogen-bond donors (Lipinski definition) is 3. The second kappa shape index (κ2) is 7.87. The zero-order valence-corrected chi connectivity index (χ0v) is 11.6. The van der Waals surface area contributed by atoms with Gasteiger partial charge in [0.1, 0.15) is 0 Å².